The monoisotopic (exact) mass is 700 g/mol. The molecule has 280 valence electrons. The summed E-state index contributed by atoms with van der Waals surface area (Å²) in [7, 11) is 0. The standard InChI is InChI=1S/C37H60N6O7/c1-21(2)17-27(39-32(44)26(38)20-25-13-10-9-11-14-25)33(45)40-28(18-22(3)4)34(46)42-31(24(7)8)36(48)43-16-12-15-30(43)35(47)41-29(37(49)50)19-23(5)6/h9-11,13-14,21-24,26-31H,12,15-20,38H2,1-8H3,(H,39,44)(H,40,45)(H,41,47)(H,42,46)(H,49,50)/t26-,27-,28-,29-,30-,31-/m0/s1. The fourth-order valence-electron chi connectivity index (χ4n) is 6.13. The van der Waals surface area contributed by atoms with Crippen molar-refractivity contribution in [3.63, 3.8) is 0 Å². The molecule has 0 bridgehead atoms. The van der Waals surface area contributed by atoms with Crippen molar-refractivity contribution in [2.24, 2.45) is 29.4 Å². The molecule has 1 heterocycles. The summed E-state index contributed by atoms with van der Waals surface area (Å²) in [5, 5.41) is 20.7. The topological polar surface area (TPSA) is 200 Å². The van der Waals surface area contributed by atoms with Crippen molar-refractivity contribution in [3.05, 3.63) is 35.9 Å². The smallest absolute Gasteiger partial charge is 0.326 e. The fourth-order valence-corrected chi connectivity index (χ4v) is 6.13. The largest absolute Gasteiger partial charge is 0.480 e. The zero-order chi connectivity index (χ0) is 37.7. The van der Waals surface area contributed by atoms with E-state index in [9.17, 15) is 33.9 Å². The molecule has 0 unspecified atom stereocenters. The van der Waals surface area contributed by atoms with Crippen LogP contribution in [0.3, 0.4) is 0 Å². The van der Waals surface area contributed by atoms with Crippen LogP contribution in [0.5, 0.6) is 0 Å². The maximum absolute atomic E-state index is 13.9. The summed E-state index contributed by atoms with van der Waals surface area (Å²) in [6, 6.07) is 3.55. The van der Waals surface area contributed by atoms with Gasteiger partial charge in [-0.1, -0.05) is 85.7 Å². The van der Waals surface area contributed by atoms with Gasteiger partial charge in [0.25, 0.3) is 0 Å². The third-order valence-corrected chi connectivity index (χ3v) is 8.71. The van der Waals surface area contributed by atoms with Gasteiger partial charge in [0, 0.05) is 6.54 Å². The molecule has 0 saturated carbocycles. The highest BCUT2D eigenvalue weighted by molar-refractivity contribution is 5.96. The minimum atomic E-state index is -1.14. The number of likely N-dealkylation sites (tertiary alicyclic amines) is 1. The number of amides is 5. The van der Waals surface area contributed by atoms with Gasteiger partial charge >= 0.3 is 5.97 Å². The lowest BCUT2D eigenvalue weighted by molar-refractivity contribution is -0.145. The number of carbonyl (C=O) groups is 6. The van der Waals surface area contributed by atoms with E-state index in [1.807, 2.05) is 71.9 Å². The van der Waals surface area contributed by atoms with Crippen molar-refractivity contribution in [2.75, 3.05) is 6.54 Å². The molecule has 5 amide bonds. The average molecular weight is 701 g/mol. The third-order valence-electron chi connectivity index (χ3n) is 8.71. The highest BCUT2D eigenvalue weighted by Crippen LogP contribution is 2.22. The van der Waals surface area contributed by atoms with Crippen LogP contribution in [0.2, 0.25) is 0 Å². The van der Waals surface area contributed by atoms with E-state index in [1.165, 1.54) is 4.90 Å². The number of carbonyl (C=O) groups excluding carboxylic acids is 5. The molecule has 13 heteroatoms. The van der Waals surface area contributed by atoms with Crippen LogP contribution in [0.25, 0.3) is 0 Å². The summed E-state index contributed by atoms with van der Waals surface area (Å²) in [6.45, 7) is 15.2. The van der Waals surface area contributed by atoms with E-state index in [4.69, 9.17) is 5.73 Å². The number of aliphatic carboxylic acids is 1. The third kappa shape index (κ3) is 13.4. The Labute approximate surface area is 297 Å². The lowest BCUT2D eigenvalue weighted by Crippen LogP contribution is -2.60. The first kappa shape index (κ1) is 42.2. The fraction of sp³-hybridized carbons (Fsp3) is 0.676. The van der Waals surface area contributed by atoms with Crippen LogP contribution < -0.4 is 27.0 Å². The summed E-state index contributed by atoms with van der Waals surface area (Å²) in [5.41, 5.74) is 7.08. The summed E-state index contributed by atoms with van der Waals surface area (Å²) in [6.07, 6.45) is 2.05. The van der Waals surface area contributed by atoms with Gasteiger partial charge in [0.15, 0.2) is 0 Å². The number of benzene rings is 1. The summed E-state index contributed by atoms with van der Waals surface area (Å²) < 4.78 is 0. The molecule has 0 aliphatic carbocycles. The van der Waals surface area contributed by atoms with E-state index >= 15 is 0 Å². The van der Waals surface area contributed by atoms with Crippen LogP contribution in [-0.4, -0.2) is 88.3 Å². The zero-order valence-electron chi connectivity index (χ0n) is 31.0. The molecule has 1 fully saturated rings. The first-order valence-corrected chi connectivity index (χ1v) is 17.9. The quantitative estimate of drug-likeness (QED) is 0.126. The first-order chi connectivity index (χ1) is 23.4. The molecular formula is C37H60N6O7. The molecule has 13 nitrogen and oxygen atoms in total. The molecule has 1 saturated heterocycles. The summed E-state index contributed by atoms with van der Waals surface area (Å²) in [4.78, 5) is 80.9. The Morgan fingerprint density at radius 2 is 1.24 bits per heavy atom. The number of carboxylic acid groups (broad SMARTS) is 1. The van der Waals surface area contributed by atoms with Crippen molar-refractivity contribution >= 4 is 35.5 Å². The second kappa shape index (κ2) is 20.0. The number of carboxylic acids is 1. The Hall–Kier alpha value is -4.00. The molecule has 2 rings (SSSR count). The van der Waals surface area contributed by atoms with E-state index < -0.39 is 71.8 Å². The van der Waals surface area contributed by atoms with Gasteiger partial charge in [-0.2, -0.15) is 0 Å². The second-order valence-electron chi connectivity index (χ2n) is 15.1. The van der Waals surface area contributed by atoms with Crippen LogP contribution in [0.15, 0.2) is 30.3 Å². The van der Waals surface area contributed by atoms with Crippen molar-refractivity contribution < 1.29 is 33.9 Å². The Kier molecular flexibility index (Phi) is 16.9. The minimum Gasteiger partial charge on any atom is -0.480 e. The number of rotatable bonds is 19. The maximum Gasteiger partial charge on any atom is 0.326 e. The Bertz CT molecular complexity index is 1300. The predicted molar refractivity (Wildman–Crippen MR) is 191 cm³/mol. The van der Waals surface area contributed by atoms with Gasteiger partial charge in [0.2, 0.25) is 29.5 Å². The molecule has 1 aliphatic heterocycles. The SMILES string of the molecule is CC(C)C[C@H](NC(=O)[C@@H]1CCCN1C(=O)[C@@H](NC(=O)[C@H](CC(C)C)NC(=O)[C@H](CC(C)C)NC(=O)[C@@H](N)Cc1ccccc1)C(C)C)C(=O)O. The van der Waals surface area contributed by atoms with Crippen LogP contribution >= 0.6 is 0 Å². The Morgan fingerprint density at radius 1 is 0.740 bits per heavy atom. The zero-order valence-corrected chi connectivity index (χ0v) is 31.0. The van der Waals surface area contributed by atoms with Crippen LogP contribution in [0.1, 0.15) is 93.1 Å². The van der Waals surface area contributed by atoms with Crippen LogP contribution in [0, 0.1) is 23.7 Å². The average Bonchev–Trinajstić information content (AvgIpc) is 3.52. The summed E-state index contributed by atoms with van der Waals surface area (Å²) >= 11 is 0. The van der Waals surface area contributed by atoms with Gasteiger partial charge in [0.05, 0.1) is 6.04 Å². The van der Waals surface area contributed by atoms with Crippen LogP contribution in [0.4, 0.5) is 0 Å². The van der Waals surface area contributed by atoms with Gasteiger partial charge < -0.3 is 37.0 Å². The molecule has 0 radical (unpaired) electrons. The predicted octanol–water partition coefficient (Wildman–Crippen LogP) is 2.37. The molecule has 50 heavy (non-hydrogen) atoms. The number of nitrogens with zero attached hydrogens (tertiary/aromatic N) is 1. The molecule has 7 N–H and O–H groups in total. The van der Waals surface area contributed by atoms with E-state index in [0.29, 0.717) is 25.7 Å². The Balaban J connectivity index is 2.20. The first-order valence-electron chi connectivity index (χ1n) is 17.9. The van der Waals surface area contributed by atoms with E-state index in [2.05, 4.69) is 21.3 Å². The summed E-state index contributed by atoms with van der Waals surface area (Å²) in [5.74, 6) is -3.99. The van der Waals surface area contributed by atoms with Gasteiger partial charge in [0.1, 0.15) is 30.2 Å². The highest BCUT2D eigenvalue weighted by atomic mass is 16.4. The number of nitrogens with one attached hydrogen (secondary N) is 4. The second-order valence-corrected chi connectivity index (χ2v) is 15.1. The number of nitrogens with two attached hydrogens (primary N) is 1. The Morgan fingerprint density at radius 3 is 1.74 bits per heavy atom. The van der Waals surface area contributed by atoms with Gasteiger partial charge in [-0.3, -0.25) is 24.0 Å². The van der Waals surface area contributed by atoms with E-state index in [1.54, 1.807) is 13.8 Å². The molecule has 1 aliphatic rings. The molecule has 1 aromatic rings. The lowest BCUT2D eigenvalue weighted by atomic mass is 9.98. The van der Waals surface area contributed by atoms with Crippen LogP contribution in [-0.2, 0) is 35.2 Å². The lowest BCUT2D eigenvalue weighted by Gasteiger charge is -2.32. The van der Waals surface area contributed by atoms with Gasteiger partial charge in [-0.25, -0.2) is 4.79 Å². The maximum atomic E-state index is 13.9. The molecule has 1 aromatic carbocycles. The molecule has 0 spiro atoms. The van der Waals surface area contributed by atoms with Crippen molar-refractivity contribution in [2.45, 2.75) is 130 Å². The van der Waals surface area contributed by atoms with Crippen molar-refractivity contribution in [1.82, 2.24) is 26.2 Å². The van der Waals surface area contributed by atoms with E-state index in [0.717, 1.165) is 5.56 Å². The van der Waals surface area contributed by atoms with Gasteiger partial charge in [-0.05, 0) is 67.8 Å². The minimum absolute atomic E-state index is 0.00337. The molecule has 6 atom stereocenters. The van der Waals surface area contributed by atoms with Gasteiger partial charge in [-0.15, -0.1) is 0 Å². The number of hydrogen-bond donors (Lipinski definition) is 6. The van der Waals surface area contributed by atoms with Crippen molar-refractivity contribution in [1.29, 1.82) is 0 Å². The molecular weight excluding hydrogens is 640 g/mol. The normalized spacial score (nSPS) is 17.6. The van der Waals surface area contributed by atoms with E-state index in [-0.39, 0.29) is 43.1 Å². The number of hydrogen-bond acceptors (Lipinski definition) is 7. The van der Waals surface area contributed by atoms with Crippen molar-refractivity contribution in [3.8, 4) is 0 Å². The molecule has 0 aromatic heterocycles. The highest BCUT2D eigenvalue weighted by Gasteiger charge is 2.40.